The van der Waals surface area contributed by atoms with Crippen molar-refractivity contribution in [1.82, 2.24) is 0 Å². The van der Waals surface area contributed by atoms with Crippen molar-refractivity contribution in [1.29, 1.82) is 10.5 Å². The lowest BCUT2D eigenvalue weighted by Gasteiger charge is -2.07. The fraction of sp³-hybridized carbons (Fsp3) is 0.0526. The molecule has 2 aromatic rings. The first-order valence-corrected chi connectivity index (χ1v) is 7.58. The number of amides is 2. The van der Waals surface area contributed by atoms with Crippen molar-refractivity contribution in [2.24, 2.45) is 0 Å². The van der Waals surface area contributed by atoms with Gasteiger partial charge < -0.3 is 16.0 Å². The van der Waals surface area contributed by atoms with Crippen LogP contribution in [0.5, 0.6) is 0 Å². The van der Waals surface area contributed by atoms with Crippen LogP contribution in [0, 0.1) is 22.7 Å². The largest absolute Gasteiger partial charge is 0.359 e. The van der Waals surface area contributed by atoms with E-state index < -0.39 is 5.91 Å². The van der Waals surface area contributed by atoms with Crippen molar-refractivity contribution in [2.45, 2.75) is 6.92 Å². The first-order chi connectivity index (χ1) is 12.5. The van der Waals surface area contributed by atoms with E-state index in [4.69, 9.17) is 5.26 Å². The van der Waals surface area contributed by atoms with Gasteiger partial charge >= 0.3 is 0 Å². The van der Waals surface area contributed by atoms with Crippen LogP contribution in [0.1, 0.15) is 12.5 Å². The van der Waals surface area contributed by atoms with E-state index >= 15 is 0 Å². The van der Waals surface area contributed by atoms with Crippen molar-refractivity contribution in [3.8, 4) is 12.1 Å². The van der Waals surface area contributed by atoms with Crippen LogP contribution >= 0.6 is 0 Å². The first-order valence-electron chi connectivity index (χ1n) is 7.58. The van der Waals surface area contributed by atoms with Crippen molar-refractivity contribution < 1.29 is 9.59 Å². The lowest BCUT2D eigenvalue weighted by molar-refractivity contribution is -0.114. The van der Waals surface area contributed by atoms with Crippen LogP contribution in [0.4, 0.5) is 17.1 Å². The molecule has 2 amide bonds. The molecule has 2 aromatic carbocycles. The Morgan fingerprint density at radius 3 is 2.15 bits per heavy atom. The third-order valence-corrected chi connectivity index (χ3v) is 3.25. The van der Waals surface area contributed by atoms with E-state index in [1.54, 1.807) is 48.5 Å². The summed E-state index contributed by atoms with van der Waals surface area (Å²) < 4.78 is 0. The van der Waals surface area contributed by atoms with E-state index in [9.17, 15) is 14.9 Å². The summed E-state index contributed by atoms with van der Waals surface area (Å²) in [5.74, 6) is -0.790. The molecule has 2 rings (SSSR count). The topological polar surface area (TPSA) is 118 Å². The van der Waals surface area contributed by atoms with E-state index in [0.29, 0.717) is 22.6 Å². The molecule has 26 heavy (non-hydrogen) atoms. The standard InChI is InChI=1S/C19H15N5O2/c1-13(25)23-16-6-8-17(9-7-16)24-19(26)15(11-21)12-22-18-5-3-2-4-14(18)10-20/h2-9,12,22H,1H3,(H,23,25)(H,24,26)/b15-12-. The van der Waals surface area contributed by atoms with Crippen molar-refractivity contribution >= 4 is 28.9 Å². The second kappa shape index (κ2) is 8.67. The number of anilines is 3. The lowest BCUT2D eigenvalue weighted by atomic mass is 10.2. The molecule has 0 saturated carbocycles. The van der Waals surface area contributed by atoms with Gasteiger partial charge in [-0.1, -0.05) is 12.1 Å². The second-order valence-electron chi connectivity index (χ2n) is 5.18. The Hall–Kier alpha value is -4.10. The van der Waals surface area contributed by atoms with E-state index in [0.717, 1.165) is 0 Å². The van der Waals surface area contributed by atoms with Gasteiger partial charge in [0.2, 0.25) is 5.91 Å². The number of para-hydroxylation sites is 1. The number of benzene rings is 2. The zero-order valence-corrected chi connectivity index (χ0v) is 13.9. The molecule has 3 N–H and O–H groups in total. The molecule has 0 atom stereocenters. The maximum Gasteiger partial charge on any atom is 0.267 e. The summed E-state index contributed by atoms with van der Waals surface area (Å²) in [4.78, 5) is 23.2. The van der Waals surface area contributed by atoms with Crippen LogP contribution in [-0.2, 0) is 9.59 Å². The molecule has 0 unspecified atom stereocenters. The summed E-state index contributed by atoms with van der Waals surface area (Å²) in [6, 6.07) is 17.1. The van der Waals surface area contributed by atoms with Gasteiger partial charge in [-0.25, -0.2) is 0 Å². The highest BCUT2D eigenvalue weighted by atomic mass is 16.2. The maximum atomic E-state index is 12.2. The Kier molecular flexibility index (Phi) is 6.08. The summed E-state index contributed by atoms with van der Waals surface area (Å²) >= 11 is 0. The summed E-state index contributed by atoms with van der Waals surface area (Å²) in [7, 11) is 0. The Morgan fingerprint density at radius 1 is 0.962 bits per heavy atom. The molecule has 0 heterocycles. The van der Waals surface area contributed by atoms with E-state index in [1.165, 1.54) is 13.1 Å². The Labute approximate surface area is 150 Å². The van der Waals surface area contributed by atoms with Crippen molar-refractivity contribution in [3.63, 3.8) is 0 Å². The number of nitriles is 2. The number of nitrogens with zero attached hydrogens (tertiary/aromatic N) is 2. The van der Waals surface area contributed by atoms with Gasteiger partial charge in [-0.2, -0.15) is 10.5 Å². The van der Waals surface area contributed by atoms with Gasteiger partial charge in [-0.05, 0) is 36.4 Å². The monoisotopic (exact) mass is 345 g/mol. The molecule has 0 spiro atoms. The number of carbonyl (C=O) groups excluding carboxylic acids is 2. The SMILES string of the molecule is CC(=O)Nc1ccc(NC(=O)/C(C#N)=C\Nc2ccccc2C#N)cc1. The van der Waals surface area contributed by atoms with Gasteiger partial charge in [-0.15, -0.1) is 0 Å². The highest BCUT2D eigenvalue weighted by molar-refractivity contribution is 6.06. The van der Waals surface area contributed by atoms with Gasteiger partial charge in [0.1, 0.15) is 17.7 Å². The molecule has 0 aliphatic heterocycles. The highest BCUT2D eigenvalue weighted by Crippen LogP contribution is 2.16. The number of nitrogens with one attached hydrogen (secondary N) is 3. The summed E-state index contributed by atoms with van der Waals surface area (Å²) in [5.41, 5.74) is 1.82. The molecule has 7 heteroatoms. The van der Waals surface area contributed by atoms with E-state index in [2.05, 4.69) is 16.0 Å². The predicted octanol–water partition coefficient (Wildman–Crippen LogP) is 2.97. The Morgan fingerprint density at radius 2 is 1.58 bits per heavy atom. The smallest absolute Gasteiger partial charge is 0.267 e. The quantitative estimate of drug-likeness (QED) is 0.569. The molecule has 0 aliphatic carbocycles. The molecule has 0 fully saturated rings. The van der Waals surface area contributed by atoms with Crippen molar-refractivity contribution in [2.75, 3.05) is 16.0 Å². The van der Waals surface area contributed by atoms with Gasteiger partial charge in [0.15, 0.2) is 0 Å². The zero-order chi connectivity index (χ0) is 18.9. The van der Waals surface area contributed by atoms with Gasteiger partial charge in [0.05, 0.1) is 11.3 Å². The highest BCUT2D eigenvalue weighted by Gasteiger charge is 2.10. The summed E-state index contributed by atoms with van der Waals surface area (Å²) in [6.07, 6.45) is 1.25. The van der Waals surface area contributed by atoms with Gasteiger partial charge in [-0.3, -0.25) is 9.59 Å². The summed E-state index contributed by atoms with van der Waals surface area (Å²) in [6.45, 7) is 1.40. The third kappa shape index (κ3) is 4.95. The van der Waals surface area contributed by atoms with Gasteiger partial charge in [0.25, 0.3) is 5.91 Å². The molecule has 0 aromatic heterocycles. The molecular weight excluding hydrogens is 330 g/mol. The molecule has 128 valence electrons. The van der Waals surface area contributed by atoms with Crippen LogP contribution in [0.2, 0.25) is 0 Å². The zero-order valence-electron chi connectivity index (χ0n) is 13.9. The average molecular weight is 345 g/mol. The van der Waals surface area contributed by atoms with Crippen LogP contribution < -0.4 is 16.0 Å². The summed E-state index contributed by atoms with van der Waals surface area (Å²) in [5, 5.41) is 26.2. The van der Waals surface area contributed by atoms with Crippen LogP contribution in [0.3, 0.4) is 0 Å². The molecule has 0 radical (unpaired) electrons. The first kappa shape index (κ1) is 18.2. The third-order valence-electron chi connectivity index (χ3n) is 3.25. The van der Waals surface area contributed by atoms with Crippen molar-refractivity contribution in [3.05, 3.63) is 65.9 Å². The molecule has 0 aliphatic rings. The molecule has 0 bridgehead atoms. The number of hydrogen-bond acceptors (Lipinski definition) is 5. The van der Waals surface area contributed by atoms with Crippen LogP contribution in [0.15, 0.2) is 60.3 Å². The Bertz CT molecular complexity index is 934. The minimum absolute atomic E-state index is 0.149. The second-order valence-corrected chi connectivity index (χ2v) is 5.18. The van der Waals surface area contributed by atoms with E-state index in [1.807, 2.05) is 12.1 Å². The van der Waals surface area contributed by atoms with Crippen LogP contribution in [0.25, 0.3) is 0 Å². The number of hydrogen-bond donors (Lipinski definition) is 3. The van der Waals surface area contributed by atoms with Gasteiger partial charge in [0, 0.05) is 24.5 Å². The predicted molar refractivity (Wildman–Crippen MR) is 97.9 cm³/mol. The lowest BCUT2D eigenvalue weighted by Crippen LogP contribution is -2.14. The average Bonchev–Trinajstić information content (AvgIpc) is 2.63. The number of rotatable bonds is 5. The fourth-order valence-electron chi connectivity index (χ4n) is 2.04. The maximum absolute atomic E-state index is 12.2. The molecule has 7 nitrogen and oxygen atoms in total. The fourth-order valence-corrected chi connectivity index (χ4v) is 2.04. The minimum atomic E-state index is -0.596. The molecule has 0 saturated heterocycles. The Balaban J connectivity index is 2.08. The van der Waals surface area contributed by atoms with Crippen LogP contribution in [-0.4, -0.2) is 11.8 Å². The number of carbonyl (C=O) groups is 2. The van der Waals surface area contributed by atoms with E-state index in [-0.39, 0.29) is 11.5 Å². The molecular formula is C19H15N5O2. The normalized spacial score (nSPS) is 10.2. The minimum Gasteiger partial charge on any atom is -0.359 e.